The average molecular weight is 394 g/mol. The van der Waals surface area contributed by atoms with Crippen LogP contribution >= 0.6 is 11.6 Å². The van der Waals surface area contributed by atoms with Crippen LogP contribution in [0.1, 0.15) is 15.9 Å². The highest BCUT2D eigenvalue weighted by atomic mass is 35.5. The Morgan fingerprint density at radius 2 is 2.04 bits per heavy atom. The fraction of sp³-hybridized carbons (Fsp3) is 0.0588. The molecule has 26 heavy (non-hydrogen) atoms. The van der Waals surface area contributed by atoms with E-state index in [1.165, 1.54) is 24.3 Å². The molecule has 0 saturated heterocycles. The predicted molar refractivity (Wildman–Crippen MR) is 95.9 cm³/mol. The number of hydrogen-bond donors (Lipinski definition) is 2. The highest BCUT2D eigenvalue weighted by Gasteiger charge is 2.20. The minimum Gasteiger partial charge on any atom is -0.322 e. The number of carbonyl (C=O) groups excluding carboxylic acids is 1. The van der Waals surface area contributed by atoms with Crippen LogP contribution in [-0.4, -0.2) is 20.9 Å². The van der Waals surface area contributed by atoms with Crippen molar-refractivity contribution in [3.05, 3.63) is 71.0 Å². The Kier molecular flexibility index (Phi) is 6.10. The van der Waals surface area contributed by atoms with Gasteiger partial charge in [-0.3, -0.25) is 4.79 Å². The summed E-state index contributed by atoms with van der Waals surface area (Å²) in [6.45, 7) is 3.29. The van der Waals surface area contributed by atoms with Gasteiger partial charge in [-0.1, -0.05) is 17.7 Å². The molecule has 0 aliphatic heterocycles. The Labute approximate surface area is 155 Å². The number of nitrogens with zero attached hydrogens (tertiary/aromatic N) is 1. The molecule has 0 heterocycles. The van der Waals surface area contributed by atoms with Gasteiger partial charge < -0.3 is 5.32 Å². The zero-order valence-electron chi connectivity index (χ0n) is 13.3. The second-order valence-corrected chi connectivity index (χ2v) is 7.19. The van der Waals surface area contributed by atoms with Gasteiger partial charge in [0.05, 0.1) is 10.6 Å². The Morgan fingerprint density at radius 1 is 1.31 bits per heavy atom. The zero-order chi connectivity index (χ0) is 19.3. The van der Waals surface area contributed by atoms with Crippen molar-refractivity contribution in [3.63, 3.8) is 0 Å². The van der Waals surface area contributed by atoms with E-state index >= 15 is 0 Å². The maximum absolute atomic E-state index is 13.9. The molecule has 0 aromatic heterocycles. The van der Waals surface area contributed by atoms with Crippen LogP contribution in [0.15, 0.2) is 53.9 Å². The maximum Gasteiger partial charge on any atom is 0.255 e. The summed E-state index contributed by atoms with van der Waals surface area (Å²) in [6.07, 6.45) is 1.31. The molecule has 0 saturated carbocycles. The van der Waals surface area contributed by atoms with Crippen molar-refractivity contribution in [3.8, 4) is 6.07 Å². The molecule has 0 fully saturated rings. The van der Waals surface area contributed by atoms with Crippen LogP contribution in [0.2, 0.25) is 5.02 Å². The Bertz CT molecular complexity index is 1020. The first kappa shape index (κ1) is 19.6. The Hall–Kier alpha value is -2.73. The van der Waals surface area contributed by atoms with Crippen LogP contribution < -0.4 is 10.0 Å². The standard InChI is InChI=1S/C17H13ClFN3O3S/c1-2-7-21-26(24,25)16-8-11(4-6-15(16)19)17(23)22-13-5-3-12(10-20)14(18)9-13/h2-6,8-9,21H,1,7H2,(H,22,23). The first-order valence-corrected chi connectivity index (χ1v) is 9.05. The summed E-state index contributed by atoms with van der Waals surface area (Å²) < 4.78 is 40.2. The molecule has 1 amide bonds. The van der Waals surface area contributed by atoms with Crippen molar-refractivity contribution in [2.24, 2.45) is 0 Å². The third kappa shape index (κ3) is 4.46. The van der Waals surface area contributed by atoms with Gasteiger partial charge in [-0.25, -0.2) is 17.5 Å². The summed E-state index contributed by atoms with van der Waals surface area (Å²) in [5, 5.41) is 11.5. The highest BCUT2D eigenvalue weighted by Crippen LogP contribution is 2.22. The lowest BCUT2D eigenvalue weighted by molar-refractivity contribution is 0.102. The normalized spacial score (nSPS) is 10.8. The molecule has 2 rings (SSSR count). The Balaban J connectivity index is 2.30. The number of halogens is 2. The van der Waals surface area contributed by atoms with E-state index in [1.807, 2.05) is 6.07 Å². The summed E-state index contributed by atoms with van der Waals surface area (Å²) in [5.41, 5.74) is 0.483. The third-order valence-corrected chi connectivity index (χ3v) is 5.00. The molecule has 0 bridgehead atoms. The molecule has 0 aliphatic carbocycles. The number of nitrogens with one attached hydrogen (secondary N) is 2. The van der Waals surface area contributed by atoms with Crippen molar-refractivity contribution in [2.45, 2.75) is 4.90 Å². The van der Waals surface area contributed by atoms with Gasteiger partial charge in [0, 0.05) is 17.8 Å². The van der Waals surface area contributed by atoms with E-state index in [2.05, 4.69) is 16.6 Å². The summed E-state index contributed by atoms with van der Waals surface area (Å²) >= 11 is 5.89. The number of anilines is 1. The van der Waals surface area contributed by atoms with E-state index in [-0.39, 0.29) is 22.7 Å². The fourth-order valence-electron chi connectivity index (χ4n) is 1.98. The van der Waals surface area contributed by atoms with Gasteiger partial charge in [0.25, 0.3) is 5.91 Å². The van der Waals surface area contributed by atoms with Crippen molar-refractivity contribution in [1.82, 2.24) is 4.72 Å². The van der Waals surface area contributed by atoms with Gasteiger partial charge in [-0.05, 0) is 36.4 Å². The van der Waals surface area contributed by atoms with Crippen molar-refractivity contribution in [2.75, 3.05) is 11.9 Å². The summed E-state index contributed by atoms with van der Waals surface area (Å²) in [5.74, 6) is -1.65. The molecule has 2 aromatic carbocycles. The summed E-state index contributed by atoms with van der Waals surface area (Å²) in [4.78, 5) is 11.7. The lowest BCUT2D eigenvalue weighted by Gasteiger charge is -2.09. The fourth-order valence-corrected chi connectivity index (χ4v) is 3.31. The second kappa shape index (κ2) is 8.10. The summed E-state index contributed by atoms with van der Waals surface area (Å²) in [7, 11) is -4.13. The predicted octanol–water partition coefficient (Wildman–Crippen LogP) is 3.07. The minimum absolute atomic E-state index is 0.0640. The number of nitriles is 1. The third-order valence-electron chi connectivity index (χ3n) is 3.25. The minimum atomic E-state index is -4.13. The van der Waals surface area contributed by atoms with Gasteiger partial charge in [0.2, 0.25) is 10.0 Å². The van der Waals surface area contributed by atoms with Gasteiger partial charge in [-0.15, -0.1) is 6.58 Å². The monoisotopic (exact) mass is 393 g/mol. The van der Waals surface area contributed by atoms with Crippen LogP contribution in [0.5, 0.6) is 0 Å². The maximum atomic E-state index is 13.9. The molecule has 2 N–H and O–H groups in total. The molecule has 0 atom stereocenters. The molecule has 6 nitrogen and oxygen atoms in total. The molecule has 9 heteroatoms. The molecule has 0 spiro atoms. The number of amides is 1. The largest absolute Gasteiger partial charge is 0.322 e. The van der Waals surface area contributed by atoms with Crippen molar-refractivity contribution >= 4 is 33.2 Å². The van der Waals surface area contributed by atoms with E-state index in [4.69, 9.17) is 16.9 Å². The van der Waals surface area contributed by atoms with Crippen LogP contribution in [-0.2, 0) is 10.0 Å². The first-order valence-electron chi connectivity index (χ1n) is 7.19. The molecular weight excluding hydrogens is 381 g/mol. The van der Waals surface area contributed by atoms with E-state index < -0.39 is 26.6 Å². The van der Waals surface area contributed by atoms with Crippen LogP contribution in [0.3, 0.4) is 0 Å². The van der Waals surface area contributed by atoms with Gasteiger partial charge in [0.15, 0.2) is 0 Å². The van der Waals surface area contributed by atoms with Crippen LogP contribution in [0, 0.1) is 17.1 Å². The van der Waals surface area contributed by atoms with Crippen LogP contribution in [0.25, 0.3) is 0 Å². The quantitative estimate of drug-likeness (QED) is 0.736. The Morgan fingerprint density at radius 3 is 2.65 bits per heavy atom. The van der Waals surface area contributed by atoms with E-state index in [0.29, 0.717) is 5.69 Å². The lowest BCUT2D eigenvalue weighted by Crippen LogP contribution is -2.25. The van der Waals surface area contributed by atoms with E-state index in [0.717, 1.165) is 18.2 Å². The number of rotatable bonds is 6. The number of hydrogen-bond acceptors (Lipinski definition) is 4. The smallest absolute Gasteiger partial charge is 0.255 e. The van der Waals surface area contributed by atoms with Crippen molar-refractivity contribution in [1.29, 1.82) is 5.26 Å². The van der Waals surface area contributed by atoms with Gasteiger partial charge in [0.1, 0.15) is 16.8 Å². The molecular formula is C17H13ClFN3O3S. The van der Waals surface area contributed by atoms with Crippen LogP contribution in [0.4, 0.5) is 10.1 Å². The summed E-state index contributed by atoms with van der Waals surface area (Å²) in [6, 6.07) is 9.14. The van der Waals surface area contributed by atoms with E-state index in [9.17, 15) is 17.6 Å². The van der Waals surface area contributed by atoms with Gasteiger partial charge >= 0.3 is 0 Å². The topological polar surface area (TPSA) is 99.1 Å². The van der Waals surface area contributed by atoms with Gasteiger partial charge in [-0.2, -0.15) is 5.26 Å². The number of sulfonamides is 1. The SMILES string of the molecule is C=CCNS(=O)(=O)c1cc(C(=O)Nc2ccc(C#N)c(Cl)c2)ccc1F. The molecule has 2 aromatic rings. The number of benzene rings is 2. The average Bonchev–Trinajstić information content (AvgIpc) is 2.60. The zero-order valence-corrected chi connectivity index (χ0v) is 14.9. The molecule has 0 radical (unpaired) electrons. The molecule has 134 valence electrons. The number of carbonyl (C=O) groups is 1. The highest BCUT2D eigenvalue weighted by molar-refractivity contribution is 7.89. The second-order valence-electron chi connectivity index (χ2n) is 5.05. The molecule has 0 aliphatic rings. The van der Waals surface area contributed by atoms with Crippen molar-refractivity contribution < 1.29 is 17.6 Å². The van der Waals surface area contributed by atoms with E-state index in [1.54, 1.807) is 0 Å². The first-order chi connectivity index (χ1) is 12.3. The lowest BCUT2D eigenvalue weighted by atomic mass is 10.2. The molecule has 0 unspecified atom stereocenters.